The van der Waals surface area contributed by atoms with Crippen molar-refractivity contribution in [2.24, 2.45) is 0 Å². The number of hydrogen-bond acceptors (Lipinski definition) is 8. The normalized spacial score (nSPS) is 15.3. The molecule has 1 fully saturated rings. The topological polar surface area (TPSA) is 71.3 Å². The van der Waals surface area contributed by atoms with Crippen LogP contribution in [0, 0.1) is 0 Å². The molecular weight excluding hydrogens is 326 g/mol. The van der Waals surface area contributed by atoms with Crippen molar-refractivity contribution in [2.75, 3.05) is 45.3 Å². The van der Waals surface area contributed by atoms with E-state index in [9.17, 15) is 0 Å². The highest BCUT2D eigenvalue weighted by Gasteiger charge is 2.15. The summed E-state index contributed by atoms with van der Waals surface area (Å²) in [6, 6.07) is 7.79. The molecule has 1 N–H and O–H groups in total. The number of hydrogen-bond donors (Lipinski definition) is 2. The summed E-state index contributed by atoms with van der Waals surface area (Å²) < 4.78 is 7.25. The number of ether oxygens (including phenoxy) is 1. The van der Waals surface area contributed by atoms with E-state index in [0.29, 0.717) is 18.5 Å². The van der Waals surface area contributed by atoms with E-state index in [1.807, 2.05) is 24.3 Å². The van der Waals surface area contributed by atoms with Crippen LogP contribution >= 0.6 is 12.6 Å². The number of thiol groups is 1. The zero-order valence-corrected chi connectivity index (χ0v) is 14.7. The molecular formula is C15H23N7OS. The first-order valence-corrected chi connectivity index (χ1v) is 8.54. The molecule has 1 aromatic carbocycles. The van der Waals surface area contributed by atoms with Gasteiger partial charge < -0.3 is 10.1 Å². The average Bonchev–Trinajstić information content (AvgIpc) is 3.26. The van der Waals surface area contributed by atoms with Crippen LogP contribution in [0.3, 0.4) is 0 Å². The molecule has 2 heterocycles. The summed E-state index contributed by atoms with van der Waals surface area (Å²) in [4.78, 5) is 0. The van der Waals surface area contributed by atoms with E-state index >= 15 is 0 Å². The first-order chi connectivity index (χ1) is 11.7. The highest BCUT2D eigenvalue weighted by molar-refractivity contribution is 7.80. The van der Waals surface area contributed by atoms with Gasteiger partial charge in [-0.2, -0.15) is 4.68 Å². The number of anilines is 1. The molecule has 3 rings (SSSR count). The van der Waals surface area contributed by atoms with Crippen LogP contribution in [0.5, 0.6) is 0 Å². The summed E-state index contributed by atoms with van der Waals surface area (Å²) >= 11 is 4.22. The molecule has 24 heavy (non-hydrogen) atoms. The average molecular weight is 349 g/mol. The Bertz CT molecular complexity index is 644. The Morgan fingerprint density at radius 2 is 2.17 bits per heavy atom. The van der Waals surface area contributed by atoms with E-state index < -0.39 is 0 Å². The smallest absolute Gasteiger partial charge is 0.211 e. The Hall–Kier alpha value is -1.68. The van der Waals surface area contributed by atoms with Crippen LogP contribution in [-0.2, 0) is 4.74 Å². The highest BCUT2D eigenvalue weighted by Crippen LogP contribution is 2.15. The van der Waals surface area contributed by atoms with Crippen LogP contribution in [0.4, 0.5) is 5.69 Å². The monoisotopic (exact) mass is 349 g/mol. The molecule has 2 aromatic rings. The Kier molecular flexibility index (Phi) is 6.02. The van der Waals surface area contributed by atoms with Gasteiger partial charge in [0.15, 0.2) is 0 Å². The maximum atomic E-state index is 5.68. The van der Waals surface area contributed by atoms with Crippen LogP contribution in [0.25, 0.3) is 5.69 Å². The van der Waals surface area contributed by atoms with E-state index in [1.165, 1.54) is 12.8 Å². The van der Waals surface area contributed by atoms with Crippen molar-refractivity contribution < 1.29 is 4.74 Å². The minimum absolute atomic E-state index is 0.452. The zero-order valence-electron chi connectivity index (χ0n) is 13.8. The van der Waals surface area contributed by atoms with Gasteiger partial charge in [0.05, 0.1) is 12.3 Å². The lowest BCUT2D eigenvalue weighted by molar-refractivity contribution is -0.00150. The van der Waals surface area contributed by atoms with Gasteiger partial charge >= 0.3 is 0 Å². The molecule has 9 heteroatoms. The number of benzene rings is 1. The third-order valence-electron chi connectivity index (χ3n) is 4.05. The van der Waals surface area contributed by atoms with Gasteiger partial charge in [-0.15, -0.1) is 17.7 Å². The molecule has 0 amide bonds. The summed E-state index contributed by atoms with van der Waals surface area (Å²) in [5.41, 5.74) is 1.80. The molecule has 1 saturated heterocycles. The standard InChI is InChI=1S/C15H23N7OS/c1-20(21-7-2-3-8-21)9-10-23-12-16-13-5-4-6-14(11-13)22-15(24)17-18-19-22/h4-6,11,16H,2-3,7-10,12H2,1H3,(H,17,19,24). The second-order valence-electron chi connectivity index (χ2n) is 5.71. The molecule has 8 nitrogen and oxygen atoms in total. The number of tetrazole rings is 1. The minimum Gasteiger partial charge on any atom is -0.363 e. The molecule has 1 aromatic heterocycles. The fraction of sp³-hybridized carbons (Fsp3) is 0.533. The van der Waals surface area contributed by atoms with E-state index in [4.69, 9.17) is 4.74 Å². The van der Waals surface area contributed by atoms with Crippen LogP contribution in [-0.4, -0.2) is 70.2 Å². The lowest BCUT2D eigenvalue weighted by Gasteiger charge is -2.27. The molecule has 0 unspecified atom stereocenters. The largest absolute Gasteiger partial charge is 0.363 e. The van der Waals surface area contributed by atoms with Gasteiger partial charge in [0.2, 0.25) is 5.16 Å². The van der Waals surface area contributed by atoms with E-state index in [2.05, 4.69) is 50.5 Å². The van der Waals surface area contributed by atoms with E-state index in [-0.39, 0.29) is 0 Å². The predicted molar refractivity (Wildman–Crippen MR) is 94.3 cm³/mol. The first-order valence-electron chi connectivity index (χ1n) is 8.09. The third kappa shape index (κ3) is 4.44. The van der Waals surface area contributed by atoms with Gasteiger partial charge in [0, 0.05) is 32.4 Å². The summed E-state index contributed by atoms with van der Waals surface area (Å²) in [5.74, 6) is 0. The van der Waals surface area contributed by atoms with E-state index in [1.54, 1.807) is 4.68 Å². The second-order valence-corrected chi connectivity index (χ2v) is 6.11. The van der Waals surface area contributed by atoms with Gasteiger partial charge in [0.1, 0.15) is 6.73 Å². The van der Waals surface area contributed by atoms with Crippen LogP contribution < -0.4 is 5.32 Å². The van der Waals surface area contributed by atoms with Crippen LogP contribution in [0.1, 0.15) is 12.8 Å². The second kappa shape index (κ2) is 8.43. The molecule has 1 aliphatic rings. The molecule has 0 radical (unpaired) electrons. The summed E-state index contributed by atoms with van der Waals surface area (Å²) in [6.07, 6.45) is 2.58. The SMILES string of the molecule is CN(CCOCNc1cccc(-n2nnnc2S)c1)N1CCCC1. The quantitative estimate of drug-likeness (QED) is 0.423. The van der Waals surface area contributed by atoms with Crippen molar-refractivity contribution in [2.45, 2.75) is 18.0 Å². The van der Waals surface area contributed by atoms with Gasteiger partial charge in [-0.25, -0.2) is 10.0 Å². The summed E-state index contributed by atoms with van der Waals surface area (Å²) in [5, 5.41) is 19.6. The molecule has 0 bridgehead atoms. The van der Waals surface area contributed by atoms with Gasteiger partial charge in [-0.1, -0.05) is 6.07 Å². The van der Waals surface area contributed by atoms with Crippen molar-refractivity contribution in [3.63, 3.8) is 0 Å². The number of rotatable bonds is 8. The van der Waals surface area contributed by atoms with Gasteiger partial charge in [-0.05, 0) is 41.5 Å². The number of aromatic nitrogens is 4. The van der Waals surface area contributed by atoms with Crippen molar-refractivity contribution in [1.29, 1.82) is 0 Å². The Labute approximate surface area is 147 Å². The third-order valence-corrected chi connectivity index (χ3v) is 4.33. The van der Waals surface area contributed by atoms with Gasteiger partial charge in [0.25, 0.3) is 0 Å². The van der Waals surface area contributed by atoms with Crippen LogP contribution in [0.2, 0.25) is 0 Å². The summed E-state index contributed by atoms with van der Waals surface area (Å²) in [6.45, 7) is 4.36. The molecule has 0 saturated carbocycles. The van der Waals surface area contributed by atoms with Gasteiger partial charge in [-0.3, -0.25) is 0 Å². The minimum atomic E-state index is 0.452. The van der Waals surface area contributed by atoms with Crippen molar-refractivity contribution >= 4 is 18.3 Å². The molecule has 0 spiro atoms. The zero-order chi connectivity index (χ0) is 16.8. The lowest BCUT2D eigenvalue weighted by atomic mass is 10.3. The number of nitrogens with zero attached hydrogens (tertiary/aromatic N) is 6. The molecule has 130 valence electrons. The maximum absolute atomic E-state index is 5.68. The van der Waals surface area contributed by atoms with Crippen molar-refractivity contribution in [1.82, 2.24) is 30.2 Å². The van der Waals surface area contributed by atoms with Crippen molar-refractivity contribution in [3.05, 3.63) is 24.3 Å². The highest BCUT2D eigenvalue weighted by atomic mass is 32.1. The number of nitrogens with one attached hydrogen (secondary N) is 1. The lowest BCUT2D eigenvalue weighted by Crippen LogP contribution is -2.39. The predicted octanol–water partition coefficient (Wildman–Crippen LogP) is 1.28. The van der Waals surface area contributed by atoms with E-state index in [0.717, 1.165) is 31.0 Å². The summed E-state index contributed by atoms with van der Waals surface area (Å²) in [7, 11) is 2.12. The molecule has 0 aliphatic carbocycles. The Balaban J connectivity index is 1.41. The fourth-order valence-electron chi connectivity index (χ4n) is 2.68. The number of hydrazine groups is 1. The fourth-order valence-corrected chi connectivity index (χ4v) is 2.88. The molecule has 0 atom stereocenters. The number of likely N-dealkylation sites (N-methyl/N-ethyl adjacent to an activating group) is 1. The molecule has 1 aliphatic heterocycles. The maximum Gasteiger partial charge on any atom is 0.211 e. The van der Waals surface area contributed by atoms with Crippen molar-refractivity contribution in [3.8, 4) is 5.69 Å². The first kappa shape index (κ1) is 17.2. The van der Waals surface area contributed by atoms with Crippen LogP contribution in [0.15, 0.2) is 29.4 Å². The Morgan fingerprint density at radius 3 is 2.92 bits per heavy atom. The Morgan fingerprint density at radius 1 is 1.33 bits per heavy atom.